The molecule has 0 atom stereocenters. The quantitative estimate of drug-likeness (QED) is 0.456. The summed E-state index contributed by atoms with van der Waals surface area (Å²) < 4.78 is 12.9. The van der Waals surface area contributed by atoms with Crippen molar-refractivity contribution >= 4 is 0 Å². The van der Waals surface area contributed by atoms with Crippen LogP contribution in [0.1, 0.15) is 39.0 Å². The summed E-state index contributed by atoms with van der Waals surface area (Å²) in [7, 11) is 0. The molecule has 1 fully saturated rings. The van der Waals surface area contributed by atoms with E-state index in [1.165, 1.54) is 6.42 Å². The Labute approximate surface area is 50.1 Å². The van der Waals surface area contributed by atoms with E-state index in [1.54, 1.807) is 6.92 Å². The van der Waals surface area contributed by atoms with E-state index in [0.29, 0.717) is 0 Å². The lowest BCUT2D eigenvalue weighted by molar-refractivity contribution is 0.130. The lowest BCUT2D eigenvalue weighted by atomic mass is 9.88. The zero-order chi connectivity index (χ0) is 6.04. The molecule has 1 heteroatoms. The van der Waals surface area contributed by atoms with Crippen molar-refractivity contribution in [3.63, 3.8) is 0 Å². The predicted molar refractivity (Wildman–Crippen MR) is 32.6 cm³/mol. The van der Waals surface area contributed by atoms with Gasteiger partial charge in [-0.05, 0) is 19.8 Å². The highest BCUT2D eigenvalue weighted by Crippen LogP contribution is 2.30. The van der Waals surface area contributed by atoms with Gasteiger partial charge in [0.25, 0.3) is 0 Å². The van der Waals surface area contributed by atoms with E-state index in [2.05, 4.69) is 0 Å². The summed E-state index contributed by atoms with van der Waals surface area (Å²) in [6.07, 6.45) is 4.99. The molecular formula is C7H13F. The molecule has 0 nitrogen and oxygen atoms in total. The van der Waals surface area contributed by atoms with Crippen LogP contribution >= 0.6 is 0 Å². The number of hydrogen-bond acceptors (Lipinski definition) is 0. The molecule has 0 N–H and O–H groups in total. The van der Waals surface area contributed by atoms with Gasteiger partial charge in [0, 0.05) is 0 Å². The first kappa shape index (κ1) is 6.06. The fourth-order valence-electron chi connectivity index (χ4n) is 1.29. The normalized spacial score (nSPS) is 27.8. The molecule has 0 aromatic carbocycles. The molecule has 0 amide bonds. The summed E-state index contributed by atoms with van der Waals surface area (Å²) in [5, 5.41) is 0. The van der Waals surface area contributed by atoms with Gasteiger partial charge in [-0.25, -0.2) is 4.39 Å². The summed E-state index contributed by atoms with van der Waals surface area (Å²) in [6, 6.07) is 0. The third-order valence-corrected chi connectivity index (χ3v) is 1.90. The van der Waals surface area contributed by atoms with E-state index >= 15 is 0 Å². The topological polar surface area (TPSA) is 0 Å². The first-order chi connectivity index (χ1) is 3.71. The van der Waals surface area contributed by atoms with E-state index < -0.39 is 5.67 Å². The molecule has 0 spiro atoms. The van der Waals surface area contributed by atoms with Crippen molar-refractivity contribution in [2.75, 3.05) is 0 Å². The smallest absolute Gasteiger partial charge is 0.108 e. The van der Waals surface area contributed by atoms with Crippen molar-refractivity contribution in [1.29, 1.82) is 0 Å². The predicted octanol–water partition coefficient (Wildman–Crippen LogP) is 2.68. The Hall–Kier alpha value is -0.0700. The summed E-state index contributed by atoms with van der Waals surface area (Å²) in [5.41, 5.74) is -0.821. The maximum atomic E-state index is 12.9. The zero-order valence-corrected chi connectivity index (χ0v) is 5.41. The Kier molecular flexibility index (Phi) is 1.54. The second-order valence-electron chi connectivity index (χ2n) is 2.97. The molecule has 0 aromatic rings. The van der Waals surface area contributed by atoms with Gasteiger partial charge in [0.2, 0.25) is 0 Å². The van der Waals surface area contributed by atoms with E-state index in [0.717, 1.165) is 25.7 Å². The van der Waals surface area contributed by atoms with Crippen molar-refractivity contribution in [2.45, 2.75) is 44.7 Å². The van der Waals surface area contributed by atoms with Gasteiger partial charge in [0.05, 0.1) is 0 Å². The molecule has 1 aliphatic rings. The van der Waals surface area contributed by atoms with Crippen LogP contribution in [-0.2, 0) is 0 Å². The molecule has 0 saturated heterocycles. The zero-order valence-electron chi connectivity index (χ0n) is 5.41. The molecule has 0 radical (unpaired) electrons. The summed E-state index contributed by atoms with van der Waals surface area (Å²) in [5.74, 6) is 0. The minimum Gasteiger partial charge on any atom is -0.244 e. The number of alkyl halides is 1. The fourth-order valence-corrected chi connectivity index (χ4v) is 1.29. The van der Waals surface area contributed by atoms with Crippen LogP contribution in [-0.4, -0.2) is 5.67 Å². The van der Waals surface area contributed by atoms with Crippen LogP contribution < -0.4 is 0 Å². The van der Waals surface area contributed by atoms with Gasteiger partial charge in [-0.3, -0.25) is 0 Å². The summed E-state index contributed by atoms with van der Waals surface area (Å²) >= 11 is 0. The maximum absolute atomic E-state index is 12.9. The van der Waals surface area contributed by atoms with Crippen molar-refractivity contribution in [3.05, 3.63) is 0 Å². The molecule has 48 valence electrons. The standard InChI is InChI=1S/C7H13F/c1-7(8)5-3-2-4-6-7/h2-6H2,1H3. The van der Waals surface area contributed by atoms with Crippen molar-refractivity contribution in [1.82, 2.24) is 0 Å². The van der Waals surface area contributed by atoms with Gasteiger partial charge in [0.1, 0.15) is 5.67 Å². The van der Waals surface area contributed by atoms with Crippen LogP contribution in [0.2, 0.25) is 0 Å². The highest BCUT2D eigenvalue weighted by atomic mass is 19.1. The third kappa shape index (κ3) is 1.46. The van der Waals surface area contributed by atoms with Gasteiger partial charge in [-0.15, -0.1) is 0 Å². The lowest BCUT2D eigenvalue weighted by Gasteiger charge is -2.24. The van der Waals surface area contributed by atoms with Crippen LogP contribution in [0.4, 0.5) is 4.39 Å². The van der Waals surface area contributed by atoms with Gasteiger partial charge in [-0.1, -0.05) is 19.3 Å². The second-order valence-corrected chi connectivity index (χ2v) is 2.97. The largest absolute Gasteiger partial charge is 0.244 e. The maximum Gasteiger partial charge on any atom is 0.108 e. The fraction of sp³-hybridized carbons (Fsp3) is 1.00. The number of halogens is 1. The van der Waals surface area contributed by atoms with Crippen LogP contribution in [0, 0.1) is 0 Å². The van der Waals surface area contributed by atoms with Crippen molar-refractivity contribution in [2.24, 2.45) is 0 Å². The third-order valence-electron chi connectivity index (χ3n) is 1.90. The Morgan fingerprint density at radius 1 is 1.12 bits per heavy atom. The molecular weight excluding hydrogens is 103 g/mol. The Morgan fingerprint density at radius 3 is 1.88 bits per heavy atom. The Balaban J connectivity index is 2.33. The number of rotatable bonds is 0. The highest BCUT2D eigenvalue weighted by Gasteiger charge is 2.24. The van der Waals surface area contributed by atoms with Crippen molar-refractivity contribution in [3.8, 4) is 0 Å². The molecule has 1 saturated carbocycles. The van der Waals surface area contributed by atoms with Gasteiger partial charge < -0.3 is 0 Å². The second kappa shape index (κ2) is 2.04. The highest BCUT2D eigenvalue weighted by molar-refractivity contribution is 4.76. The van der Waals surface area contributed by atoms with Crippen LogP contribution in [0.25, 0.3) is 0 Å². The van der Waals surface area contributed by atoms with E-state index in [9.17, 15) is 4.39 Å². The van der Waals surface area contributed by atoms with Gasteiger partial charge >= 0.3 is 0 Å². The molecule has 8 heavy (non-hydrogen) atoms. The van der Waals surface area contributed by atoms with E-state index in [1.807, 2.05) is 0 Å². The minimum absolute atomic E-state index is 0.785. The number of hydrogen-bond donors (Lipinski definition) is 0. The molecule has 0 bridgehead atoms. The average molecular weight is 116 g/mol. The first-order valence-corrected chi connectivity index (χ1v) is 3.40. The first-order valence-electron chi connectivity index (χ1n) is 3.40. The monoisotopic (exact) mass is 116 g/mol. The summed E-state index contributed by atoms with van der Waals surface area (Å²) in [6.45, 7) is 1.71. The molecule has 0 heterocycles. The van der Waals surface area contributed by atoms with Gasteiger partial charge in [0.15, 0.2) is 0 Å². The average Bonchev–Trinajstić information content (AvgIpc) is 1.65. The SMILES string of the molecule is CC1(F)CCCCC1. The van der Waals surface area contributed by atoms with Gasteiger partial charge in [-0.2, -0.15) is 0 Å². The Morgan fingerprint density at radius 2 is 1.62 bits per heavy atom. The van der Waals surface area contributed by atoms with Crippen LogP contribution in [0.3, 0.4) is 0 Å². The minimum atomic E-state index is -0.821. The Bertz CT molecular complexity index is 68.5. The molecule has 1 rings (SSSR count). The van der Waals surface area contributed by atoms with Crippen LogP contribution in [0.5, 0.6) is 0 Å². The molecule has 0 aromatic heterocycles. The lowest BCUT2D eigenvalue weighted by Crippen LogP contribution is -2.20. The molecule has 0 unspecified atom stereocenters. The van der Waals surface area contributed by atoms with E-state index in [-0.39, 0.29) is 0 Å². The summed E-state index contributed by atoms with van der Waals surface area (Å²) in [4.78, 5) is 0. The van der Waals surface area contributed by atoms with Crippen molar-refractivity contribution < 1.29 is 4.39 Å². The molecule has 0 aliphatic heterocycles. The molecule has 1 aliphatic carbocycles. The van der Waals surface area contributed by atoms with Crippen LogP contribution in [0.15, 0.2) is 0 Å². The van der Waals surface area contributed by atoms with E-state index in [4.69, 9.17) is 0 Å².